The first-order chi connectivity index (χ1) is 6.99. The topological polar surface area (TPSA) is 113 Å². The second-order valence-corrected chi connectivity index (χ2v) is 2.81. The lowest BCUT2D eigenvalue weighted by Gasteiger charge is -2.03. The van der Waals surface area contributed by atoms with Crippen molar-refractivity contribution >= 4 is 5.97 Å². The van der Waals surface area contributed by atoms with Crippen LogP contribution in [0, 0.1) is 20.2 Å². The maximum absolute atomic E-state index is 10.9. The van der Waals surface area contributed by atoms with Gasteiger partial charge in [-0.15, -0.1) is 0 Å². The van der Waals surface area contributed by atoms with Gasteiger partial charge in [0.15, 0.2) is 0 Å². The Kier molecular flexibility index (Phi) is 5.91. The number of nitrogens with zero attached hydrogens (tertiary/aromatic N) is 2. The highest BCUT2D eigenvalue weighted by molar-refractivity contribution is 5.69. The minimum atomic E-state index is -1.93. The third-order valence-corrected chi connectivity index (χ3v) is 1.56. The minimum Gasteiger partial charge on any atom is -0.466 e. The van der Waals surface area contributed by atoms with Gasteiger partial charge in [-0.05, 0) is 6.42 Å². The minimum absolute atomic E-state index is 0.223. The van der Waals surface area contributed by atoms with Crippen molar-refractivity contribution in [3.8, 4) is 0 Å². The quantitative estimate of drug-likeness (QED) is 0.268. The van der Waals surface area contributed by atoms with Crippen LogP contribution in [0.3, 0.4) is 0 Å². The fourth-order valence-corrected chi connectivity index (χ4v) is 0.823. The van der Waals surface area contributed by atoms with Crippen molar-refractivity contribution in [3.63, 3.8) is 0 Å². The van der Waals surface area contributed by atoms with E-state index in [1.807, 2.05) is 0 Å². The van der Waals surface area contributed by atoms with E-state index in [2.05, 4.69) is 4.74 Å². The van der Waals surface area contributed by atoms with E-state index in [9.17, 15) is 25.0 Å². The van der Waals surface area contributed by atoms with Crippen LogP contribution in [-0.4, -0.2) is 28.6 Å². The molecule has 0 saturated heterocycles. The predicted octanol–water partition coefficient (Wildman–Crippen LogP) is 0.599. The van der Waals surface area contributed by atoms with Gasteiger partial charge in [-0.1, -0.05) is 6.92 Å². The molecule has 0 saturated carbocycles. The molecule has 8 nitrogen and oxygen atoms in total. The van der Waals surface area contributed by atoms with Crippen LogP contribution in [0.25, 0.3) is 0 Å². The molecule has 0 aliphatic heterocycles. The highest BCUT2D eigenvalue weighted by atomic mass is 16.7. The molecule has 0 heterocycles. The largest absolute Gasteiger partial charge is 0.466 e. The Balaban J connectivity index is 3.95. The third-order valence-electron chi connectivity index (χ3n) is 1.56. The number of carbonyl (C=O) groups excluding carboxylic acids is 1. The van der Waals surface area contributed by atoms with Gasteiger partial charge in [0.1, 0.15) is 0 Å². The van der Waals surface area contributed by atoms with Crippen LogP contribution in [0.1, 0.15) is 26.2 Å². The maximum atomic E-state index is 10.9. The molecule has 0 aromatic rings. The van der Waals surface area contributed by atoms with E-state index in [4.69, 9.17) is 0 Å². The molecule has 0 atom stereocenters. The van der Waals surface area contributed by atoms with Crippen LogP contribution in [0.4, 0.5) is 0 Å². The monoisotopic (exact) mass is 220 g/mol. The first kappa shape index (κ1) is 13.3. The molecule has 0 N–H and O–H groups in total. The standard InChI is InChI=1S/C7H12N2O6/c1-2-5-15-7(10)4-3-6(8(11)12)9(13)14/h6H,2-5H2,1H3. The van der Waals surface area contributed by atoms with Crippen LogP contribution < -0.4 is 0 Å². The lowest BCUT2D eigenvalue weighted by atomic mass is 10.2. The summed E-state index contributed by atoms with van der Waals surface area (Å²) in [6.07, 6.45) is -2.05. The van der Waals surface area contributed by atoms with Crippen molar-refractivity contribution in [2.24, 2.45) is 0 Å². The van der Waals surface area contributed by atoms with Crippen molar-refractivity contribution in [1.29, 1.82) is 0 Å². The summed E-state index contributed by atoms with van der Waals surface area (Å²) in [7, 11) is 0. The van der Waals surface area contributed by atoms with Crippen LogP contribution in [0.2, 0.25) is 0 Å². The predicted molar refractivity (Wildman–Crippen MR) is 48.3 cm³/mol. The summed E-state index contributed by atoms with van der Waals surface area (Å²) in [5.41, 5.74) is 0. The number of ether oxygens (including phenoxy) is 1. The van der Waals surface area contributed by atoms with Crippen LogP contribution >= 0.6 is 0 Å². The van der Waals surface area contributed by atoms with E-state index in [0.29, 0.717) is 6.42 Å². The van der Waals surface area contributed by atoms with Crippen LogP contribution in [0.15, 0.2) is 0 Å². The van der Waals surface area contributed by atoms with Crippen molar-refractivity contribution < 1.29 is 19.4 Å². The number of rotatable bonds is 7. The van der Waals surface area contributed by atoms with Gasteiger partial charge in [-0.3, -0.25) is 25.0 Å². The molecular weight excluding hydrogens is 208 g/mol. The van der Waals surface area contributed by atoms with Gasteiger partial charge >= 0.3 is 12.1 Å². The molecule has 0 aromatic carbocycles. The molecular formula is C7H12N2O6. The first-order valence-electron chi connectivity index (χ1n) is 4.41. The third kappa shape index (κ3) is 5.55. The molecule has 0 aliphatic carbocycles. The van der Waals surface area contributed by atoms with Gasteiger partial charge in [0.05, 0.1) is 29.3 Å². The molecule has 0 fully saturated rings. The highest BCUT2D eigenvalue weighted by Gasteiger charge is 2.32. The van der Waals surface area contributed by atoms with Gasteiger partial charge in [0.2, 0.25) is 0 Å². The summed E-state index contributed by atoms with van der Waals surface area (Å²) in [6.45, 7) is 2.02. The summed E-state index contributed by atoms with van der Waals surface area (Å²) in [6, 6.07) is 0. The first-order valence-corrected chi connectivity index (χ1v) is 4.41. The maximum Gasteiger partial charge on any atom is 0.451 e. The molecule has 0 radical (unpaired) electrons. The molecule has 8 heteroatoms. The lowest BCUT2D eigenvalue weighted by Crippen LogP contribution is -2.29. The van der Waals surface area contributed by atoms with Crippen LogP contribution in [0.5, 0.6) is 0 Å². The Morgan fingerprint density at radius 3 is 2.27 bits per heavy atom. The van der Waals surface area contributed by atoms with Crippen molar-refractivity contribution in [3.05, 3.63) is 20.2 Å². The van der Waals surface area contributed by atoms with E-state index in [1.54, 1.807) is 6.92 Å². The van der Waals surface area contributed by atoms with E-state index in [0.717, 1.165) is 0 Å². The fraction of sp³-hybridized carbons (Fsp3) is 0.857. The van der Waals surface area contributed by atoms with Crippen molar-refractivity contribution in [2.75, 3.05) is 6.61 Å². The normalized spacial score (nSPS) is 10.0. The summed E-state index contributed by atoms with van der Waals surface area (Å²) in [4.78, 5) is 29.2. The summed E-state index contributed by atoms with van der Waals surface area (Å²) < 4.78 is 4.62. The number of hydrogen-bond acceptors (Lipinski definition) is 6. The molecule has 0 aromatic heterocycles. The summed E-state index contributed by atoms with van der Waals surface area (Å²) in [5, 5.41) is 20.4. The van der Waals surface area contributed by atoms with Gasteiger partial charge in [0, 0.05) is 0 Å². The second-order valence-electron chi connectivity index (χ2n) is 2.81. The van der Waals surface area contributed by atoms with E-state index >= 15 is 0 Å². The van der Waals surface area contributed by atoms with E-state index in [1.165, 1.54) is 0 Å². The lowest BCUT2D eigenvalue weighted by molar-refractivity contribution is -0.742. The number of nitro groups is 2. The Bertz CT molecular complexity index is 240. The highest BCUT2D eigenvalue weighted by Crippen LogP contribution is 2.03. The molecule has 86 valence electrons. The summed E-state index contributed by atoms with van der Waals surface area (Å²) >= 11 is 0. The van der Waals surface area contributed by atoms with Crippen molar-refractivity contribution in [1.82, 2.24) is 0 Å². The number of hydrogen-bond donors (Lipinski definition) is 0. The average molecular weight is 220 g/mol. The molecule has 0 bridgehead atoms. The average Bonchev–Trinajstić information content (AvgIpc) is 2.13. The van der Waals surface area contributed by atoms with Gasteiger partial charge in [-0.2, -0.15) is 0 Å². The summed E-state index contributed by atoms with van der Waals surface area (Å²) in [5.74, 6) is -0.648. The zero-order chi connectivity index (χ0) is 11.8. The van der Waals surface area contributed by atoms with E-state index < -0.39 is 28.4 Å². The smallest absolute Gasteiger partial charge is 0.451 e. The number of esters is 1. The molecule has 0 aliphatic rings. The van der Waals surface area contributed by atoms with Gasteiger partial charge in [-0.25, -0.2) is 0 Å². The van der Waals surface area contributed by atoms with E-state index in [-0.39, 0.29) is 13.0 Å². The number of carbonyl (C=O) groups is 1. The van der Waals surface area contributed by atoms with Crippen molar-refractivity contribution in [2.45, 2.75) is 32.4 Å². The zero-order valence-corrected chi connectivity index (χ0v) is 8.25. The Morgan fingerprint density at radius 2 is 1.87 bits per heavy atom. The van der Waals surface area contributed by atoms with Gasteiger partial charge < -0.3 is 4.74 Å². The second kappa shape index (κ2) is 6.68. The molecule has 15 heavy (non-hydrogen) atoms. The fourth-order valence-electron chi connectivity index (χ4n) is 0.823. The Hall–Kier alpha value is -1.73. The molecule has 0 amide bonds. The van der Waals surface area contributed by atoms with Gasteiger partial charge in [0.25, 0.3) is 0 Å². The zero-order valence-electron chi connectivity index (χ0n) is 8.25. The molecule has 0 rings (SSSR count). The molecule has 0 unspecified atom stereocenters. The Morgan fingerprint density at radius 1 is 1.33 bits per heavy atom. The molecule has 0 spiro atoms. The van der Waals surface area contributed by atoms with Crippen LogP contribution in [-0.2, 0) is 9.53 Å². The Labute approximate surface area is 85.5 Å². The SMILES string of the molecule is CCCOC(=O)CCC([N+](=O)[O-])[N+](=O)[O-].